The molecule has 0 aliphatic rings. The van der Waals surface area contributed by atoms with E-state index in [-0.39, 0.29) is 6.61 Å². The summed E-state index contributed by atoms with van der Waals surface area (Å²) in [5.74, 6) is 0. The van der Waals surface area contributed by atoms with Crippen molar-refractivity contribution in [1.82, 2.24) is 0 Å². The first-order valence-electron chi connectivity index (χ1n) is 1.74. The lowest BCUT2D eigenvalue weighted by Gasteiger charge is -1.89. The van der Waals surface area contributed by atoms with Crippen LogP contribution in [0.15, 0.2) is 4.99 Å². The summed E-state index contributed by atoms with van der Waals surface area (Å²) < 4.78 is 4.21. The fraction of sp³-hybridized carbons (Fsp3) is 0.250. The SMILES string of the molecule is [CH2]COC(=O)N=C. The zero-order valence-electron chi connectivity index (χ0n) is 3.89. The number of carbonyl (C=O) groups excluding carboxylic acids is 1. The minimum Gasteiger partial charge on any atom is -0.448 e. The zero-order chi connectivity index (χ0) is 5.70. The highest BCUT2D eigenvalue weighted by atomic mass is 16.5. The summed E-state index contributed by atoms with van der Waals surface area (Å²) >= 11 is 0. The van der Waals surface area contributed by atoms with E-state index in [0.717, 1.165) is 0 Å². The molecule has 0 aromatic heterocycles. The highest BCUT2D eigenvalue weighted by molar-refractivity contribution is 5.72. The average molecular weight is 100 g/mol. The molecule has 0 saturated heterocycles. The second kappa shape index (κ2) is 3.33. The molecule has 0 aromatic rings. The van der Waals surface area contributed by atoms with E-state index in [1.54, 1.807) is 0 Å². The van der Waals surface area contributed by atoms with Crippen molar-refractivity contribution in [1.29, 1.82) is 0 Å². The molecule has 1 radical (unpaired) electrons. The van der Waals surface area contributed by atoms with Gasteiger partial charge in [0, 0.05) is 0 Å². The summed E-state index contributed by atoms with van der Waals surface area (Å²) in [5.41, 5.74) is 0. The van der Waals surface area contributed by atoms with Gasteiger partial charge in [0.25, 0.3) is 0 Å². The van der Waals surface area contributed by atoms with Gasteiger partial charge in [-0.15, -0.1) is 0 Å². The van der Waals surface area contributed by atoms with Crippen LogP contribution >= 0.6 is 0 Å². The molecule has 1 amide bonds. The first-order chi connectivity index (χ1) is 3.31. The monoisotopic (exact) mass is 100 g/mol. The standard InChI is InChI=1S/C4H6NO2/c1-3-7-4(6)5-2/h1-3H2. The van der Waals surface area contributed by atoms with E-state index in [1.165, 1.54) is 0 Å². The van der Waals surface area contributed by atoms with E-state index in [1.807, 2.05) is 0 Å². The zero-order valence-corrected chi connectivity index (χ0v) is 3.89. The summed E-state index contributed by atoms with van der Waals surface area (Å²) in [4.78, 5) is 12.8. The quantitative estimate of drug-likeness (QED) is 0.454. The third-order valence-electron chi connectivity index (χ3n) is 0.355. The molecule has 0 aromatic carbocycles. The predicted molar refractivity (Wildman–Crippen MR) is 26.3 cm³/mol. The van der Waals surface area contributed by atoms with Crippen LogP contribution in [0.1, 0.15) is 0 Å². The fourth-order valence-corrected chi connectivity index (χ4v) is 0.133. The van der Waals surface area contributed by atoms with E-state index in [0.29, 0.717) is 0 Å². The molecule has 0 aliphatic heterocycles. The molecule has 0 unspecified atom stereocenters. The molecular formula is C4H6NO2. The number of hydrogen-bond donors (Lipinski definition) is 0. The van der Waals surface area contributed by atoms with E-state index >= 15 is 0 Å². The van der Waals surface area contributed by atoms with Crippen molar-refractivity contribution in [3.63, 3.8) is 0 Å². The van der Waals surface area contributed by atoms with Crippen molar-refractivity contribution in [2.45, 2.75) is 0 Å². The first-order valence-corrected chi connectivity index (χ1v) is 1.74. The molecule has 0 fully saturated rings. The normalized spacial score (nSPS) is 7.57. The van der Waals surface area contributed by atoms with E-state index in [2.05, 4.69) is 23.4 Å². The largest absolute Gasteiger partial charge is 0.448 e. The van der Waals surface area contributed by atoms with Crippen LogP contribution in [0.4, 0.5) is 4.79 Å². The Hall–Kier alpha value is -0.860. The van der Waals surface area contributed by atoms with E-state index in [9.17, 15) is 4.79 Å². The van der Waals surface area contributed by atoms with Crippen molar-refractivity contribution in [3.05, 3.63) is 6.92 Å². The van der Waals surface area contributed by atoms with Crippen LogP contribution in [-0.2, 0) is 4.74 Å². The number of ether oxygens (including phenoxy) is 1. The summed E-state index contributed by atoms with van der Waals surface area (Å²) in [5, 5.41) is 0. The Balaban J connectivity index is 3.17. The highest BCUT2D eigenvalue weighted by Gasteiger charge is 1.88. The topological polar surface area (TPSA) is 38.7 Å². The number of carbonyl (C=O) groups is 1. The number of aliphatic imine (C=N–C) groups is 1. The van der Waals surface area contributed by atoms with Crippen LogP contribution in [0.3, 0.4) is 0 Å². The maximum absolute atomic E-state index is 9.92. The Bertz CT molecular complexity index is 79.8. The van der Waals surface area contributed by atoms with Gasteiger partial charge in [-0.1, -0.05) is 0 Å². The summed E-state index contributed by atoms with van der Waals surface area (Å²) in [7, 11) is 0. The molecule has 0 heterocycles. The van der Waals surface area contributed by atoms with Gasteiger partial charge in [-0.25, -0.2) is 4.79 Å². The summed E-state index contributed by atoms with van der Waals surface area (Å²) in [6.45, 7) is 6.28. The van der Waals surface area contributed by atoms with Crippen molar-refractivity contribution in [3.8, 4) is 0 Å². The van der Waals surface area contributed by atoms with Crippen LogP contribution in [0.2, 0.25) is 0 Å². The van der Waals surface area contributed by atoms with Gasteiger partial charge in [-0.05, 0) is 13.6 Å². The molecule has 0 spiro atoms. The molecule has 0 saturated carbocycles. The van der Waals surface area contributed by atoms with Gasteiger partial charge >= 0.3 is 6.09 Å². The average Bonchev–Trinajstić information content (AvgIpc) is 1.68. The third kappa shape index (κ3) is 2.96. The predicted octanol–water partition coefficient (Wildman–Crippen LogP) is 0.658. The second-order valence-electron chi connectivity index (χ2n) is 0.772. The Morgan fingerprint density at radius 2 is 2.43 bits per heavy atom. The summed E-state index contributed by atoms with van der Waals surface area (Å²) in [6.07, 6.45) is -0.671. The second-order valence-corrected chi connectivity index (χ2v) is 0.772. The molecule has 3 nitrogen and oxygen atoms in total. The van der Waals surface area contributed by atoms with Crippen LogP contribution in [0.5, 0.6) is 0 Å². The van der Waals surface area contributed by atoms with Crippen molar-refractivity contribution in [2.75, 3.05) is 6.61 Å². The van der Waals surface area contributed by atoms with Crippen molar-refractivity contribution in [2.24, 2.45) is 4.99 Å². The number of hydrogen-bond acceptors (Lipinski definition) is 2. The number of amides is 1. The lowest BCUT2D eigenvalue weighted by molar-refractivity contribution is 0.169. The Kier molecular flexibility index (Phi) is 2.92. The van der Waals surface area contributed by atoms with Gasteiger partial charge in [0.05, 0.1) is 6.61 Å². The lowest BCUT2D eigenvalue weighted by Crippen LogP contribution is -1.95. The van der Waals surface area contributed by atoms with E-state index in [4.69, 9.17) is 0 Å². The minimum absolute atomic E-state index is 0.109. The maximum Gasteiger partial charge on any atom is 0.432 e. The van der Waals surface area contributed by atoms with Gasteiger partial charge in [-0.2, -0.15) is 4.99 Å². The number of rotatable bonds is 1. The van der Waals surface area contributed by atoms with E-state index < -0.39 is 6.09 Å². The molecule has 39 valence electrons. The maximum atomic E-state index is 9.92. The van der Waals surface area contributed by atoms with Crippen LogP contribution in [0.25, 0.3) is 0 Å². The molecule has 3 heteroatoms. The van der Waals surface area contributed by atoms with Crippen LogP contribution < -0.4 is 0 Å². The minimum atomic E-state index is -0.671. The molecular weight excluding hydrogens is 94.0 g/mol. The van der Waals surface area contributed by atoms with Crippen molar-refractivity contribution >= 4 is 12.8 Å². The molecule has 0 rings (SSSR count). The lowest BCUT2D eigenvalue weighted by atomic mass is 10.9. The van der Waals surface area contributed by atoms with Crippen LogP contribution in [0, 0.1) is 6.92 Å². The van der Waals surface area contributed by atoms with Gasteiger partial charge in [0.2, 0.25) is 0 Å². The molecule has 0 bridgehead atoms. The Morgan fingerprint density at radius 3 is 2.57 bits per heavy atom. The molecule has 0 atom stereocenters. The molecule has 7 heavy (non-hydrogen) atoms. The van der Waals surface area contributed by atoms with Gasteiger partial charge < -0.3 is 4.74 Å². The molecule has 0 aliphatic carbocycles. The Labute approximate surface area is 42.0 Å². The van der Waals surface area contributed by atoms with Gasteiger partial charge in [0.1, 0.15) is 0 Å². The van der Waals surface area contributed by atoms with Crippen molar-refractivity contribution < 1.29 is 9.53 Å². The summed E-state index contributed by atoms with van der Waals surface area (Å²) in [6, 6.07) is 0. The third-order valence-corrected chi connectivity index (χ3v) is 0.355. The fourth-order valence-electron chi connectivity index (χ4n) is 0.133. The van der Waals surface area contributed by atoms with Crippen LogP contribution in [-0.4, -0.2) is 19.4 Å². The highest BCUT2D eigenvalue weighted by Crippen LogP contribution is 1.77. The van der Waals surface area contributed by atoms with Gasteiger partial charge in [0.15, 0.2) is 0 Å². The number of nitrogens with zero attached hydrogens (tertiary/aromatic N) is 1. The molecule has 0 N–H and O–H groups in total. The smallest absolute Gasteiger partial charge is 0.432 e. The Morgan fingerprint density at radius 1 is 1.86 bits per heavy atom. The van der Waals surface area contributed by atoms with Gasteiger partial charge in [-0.3, -0.25) is 0 Å². The first kappa shape index (κ1) is 6.14.